The molecule has 1 rings (SSSR count). The average molecular weight is 906 g/mol. The first-order valence-electron chi connectivity index (χ1n) is 25.7. The minimum Gasteiger partial charge on any atom is -0.394 e. The Morgan fingerprint density at radius 2 is 0.984 bits per heavy atom. The van der Waals surface area contributed by atoms with Gasteiger partial charge in [-0.05, 0) is 89.9 Å². The molecule has 0 bridgehead atoms. The van der Waals surface area contributed by atoms with Crippen LogP contribution >= 0.6 is 0 Å². The van der Waals surface area contributed by atoms with Crippen LogP contribution in [0.15, 0.2) is 60.8 Å². The molecule has 0 aromatic heterocycles. The Hall–Kier alpha value is -2.19. The predicted octanol–water partition coefficient (Wildman–Crippen LogP) is 9.50. The molecule has 1 amide bonds. The first-order chi connectivity index (χ1) is 31.2. The molecular formula is C53H95NO10. The zero-order valence-electron chi connectivity index (χ0n) is 40.2. The van der Waals surface area contributed by atoms with E-state index in [1.807, 2.05) is 0 Å². The molecule has 0 saturated carbocycles. The van der Waals surface area contributed by atoms with Crippen molar-refractivity contribution >= 4 is 5.91 Å². The Balaban J connectivity index is 2.44. The van der Waals surface area contributed by atoms with E-state index < -0.39 is 74.2 Å². The van der Waals surface area contributed by atoms with Gasteiger partial charge in [0.2, 0.25) is 5.91 Å². The fourth-order valence-electron chi connectivity index (χ4n) is 7.76. The first-order valence-corrected chi connectivity index (χ1v) is 25.7. The number of nitrogens with one attached hydrogen (secondary N) is 1. The van der Waals surface area contributed by atoms with Crippen molar-refractivity contribution in [2.24, 2.45) is 0 Å². The highest BCUT2D eigenvalue weighted by molar-refractivity contribution is 5.80. The summed E-state index contributed by atoms with van der Waals surface area (Å²) in [5.41, 5.74) is 0. The summed E-state index contributed by atoms with van der Waals surface area (Å²) in [6.07, 6.45) is 41.3. The Bertz CT molecular complexity index is 1220. The molecule has 0 aromatic carbocycles. The minimum absolute atomic E-state index is 0.229. The number of ether oxygens (including phenoxy) is 2. The van der Waals surface area contributed by atoms with E-state index in [4.69, 9.17) is 9.47 Å². The number of carbonyl (C=O) groups excluding carboxylic acids is 1. The molecule has 9 unspecified atom stereocenters. The molecule has 11 nitrogen and oxygen atoms in total. The summed E-state index contributed by atoms with van der Waals surface area (Å²) < 4.78 is 11.1. The summed E-state index contributed by atoms with van der Waals surface area (Å²) in [5, 5.41) is 75.8. The monoisotopic (exact) mass is 906 g/mol. The lowest BCUT2D eigenvalue weighted by atomic mass is 9.98. The summed E-state index contributed by atoms with van der Waals surface area (Å²) >= 11 is 0. The van der Waals surface area contributed by atoms with Crippen LogP contribution in [0.4, 0.5) is 0 Å². The third-order valence-corrected chi connectivity index (χ3v) is 12.0. The maximum Gasteiger partial charge on any atom is 0.249 e. The largest absolute Gasteiger partial charge is 0.394 e. The summed E-state index contributed by atoms with van der Waals surface area (Å²) in [6, 6.07) is -1.20. The molecule has 8 N–H and O–H groups in total. The van der Waals surface area contributed by atoms with Crippen LogP contribution in [0.3, 0.4) is 0 Å². The van der Waals surface area contributed by atoms with E-state index in [-0.39, 0.29) is 12.8 Å². The van der Waals surface area contributed by atoms with E-state index in [1.165, 1.54) is 89.9 Å². The number of rotatable bonds is 42. The first kappa shape index (κ1) is 59.8. The van der Waals surface area contributed by atoms with Crippen molar-refractivity contribution in [1.82, 2.24) is 5.32 Å². The molecule has 1 fully saturated rings. The van der Waals surface area contributed by atoms with Crippen LogP contribution in [0.1, 0.15) is 200 Å². The van der Waals surface area contributed by atoms with Gasteiger partial charge in [0.15, 0.2) is 6.29 Å². The van der Waals surface area contributed by atoms with Gasteiger partial charge < -0.3 is 50.5 Å². The second-order valence-electron chi connectivity index (χ2n) is 17.9. The molecule has 64 heavy (non-hydrogen) atoms. The molecule has 372 valence electrons. The standard InChI is InChI=1S/C53H95NO10/c1-3-5-7-9-11-13-15-17-19-20-21-22-23-24-25-26-27-29-30-32-34-36-38-40-45(56)48(58)44(43-63-53-51(61)50(60)49(59)47(42-55)64-53)54-52(62)46(57)41-39-37-35-33-31-28-18-16-14-12-10-8-6-4-2/h12,14,16,18,22-23,26-27,32,34,44-51,53,55-61H,3-11,13,15,17,19-21,24-25,28-31,33,35-43H2,1-2H3,(H,54,62)/b14-12-,18-16-,23-22+,27-26+,34-32+. The van der Waals surface area contributed by atoms with Gasteiger partial charge in [-0.15, -0.1) is 0 Å². The molecule has 1 aliphatic rings. The van der Waals surface area contributed by atoms with Gasteiger partial charge in [-0.25, -0.2) is 0 Å². The average Bonchev–Trinajstić information content (AvgIpc) is 3.29. The number of unbranched alkanes of at least 4 members (excludes halogenated alkanes) is 21. The molecule has 11 heteroatoms. The van der Waals surface area contributed by atoms with Gasteiger partial charge in [0, 0.05) is 0 Å². The fraction of sp³-hybridized carbons (Fsp3) is 0.792. The third-order valence-electron chi connectivity index (χ3n) is 12.0. The summed E-state index contributed by atoms with van der Waals surface area (Å²) in [5.74, 6) is -0.727. The van der Waals surface area contributed by atoms with Crippen LogP contribution in [0.2, 0.25) is 0 Å². The molecular weight excluding hydrogens is 811 g/mol. The quantitative estimate of drug-likeness (QED) is 0.0166. The van der Waals surface area contributed by atoms with Gasteiger partial charge in [-0.1, -0.05) is 171 Å². The lowest BCUT2D eigenvalue weighted by Gasteiger charge is -2.40. The lowest BCUT2D eigenvalue weighted by Crippen LogP contribution is -2.60. The highest BCUT2D eigenvalue weighted by atomic mass is 16.7. The number of allylic oxidation sites excluding steroid dienone is 10. The minimum atomic E-state index is -1.68. The Kier molecular flexibility index (Phi) is 39.4. The van der Waals surface area contributed by atoms with E-state index in [2.05, 4.69) is 79.9 Å². The maximum absolute atomic E-state index is 13.1. The van der Waals surface area contributed by atoms with E-state index in [0.717, 1.165) is 64.2 Å². The van der Waals surface area contributed by atoms with Gasteiger partial charge in [-0.3, -0.25) is 4.79 Å². The summed E-state index contributed by atoms with van der Waals surface area (Å²) in [7, 11) is 0. The zero-order valence-corrected chi connectivity index (χ0v) is 40.2. The van der Waals surface area contributed by atoms with Crippen molar-refractivity contribution in [3.63, 3.8) is 0 Å². The van der Waals surface area contributed by atoms with Crippen LogP contribution in [0.5, 0.6) is 0 Å². The van der Waals surface area contributed by atoms with Gasteiger partial charge >= 0.3 is 0 Å². The van der Waals surface area contributed by atoms with Crippen molar-refractivity contribution < 1.29 is 50.0 Å². The number of hydrogen-bond donors (Lipinski definition) is 8. The van der Waals surface area contributed by atoms with Crippen molar-refractivity contribution in [3.05, 3.63) is 60.8 Å². The van der Waals surface area contributed by atoms with Crippen molar-refractivity contribution in [3.8, 4) is 0 Å². The Morgan fingerprint density at radius 1 is 0.547 bits per heavy atom. The van der Waals surface area contributed by atoms with Crippen molar-refractivity contribution in [1.29, 1.82) is 0 Å². The van der Waals surface area contributed by atoms with E-state index in [1.54, 1.807) is 0 Å². The second kappa shape index (κ2) is 42.2. The summed E-state index contributed by atoms with van der Waals surface area (Å²) in [4.78, 5) is 13.1. The summed E-state index contributed by atoms with van der Waals surface area (Å²) in [6.45, 7) is 3.38. The number of aliphatic hydroxyl groups excluding tert-OH is 7. The molecule has 9 atom stereocenters. The maximum atomic E-state index is 13.1. The number of hydrogen-bond acceptors (Lipinski definition) is 10. The van der Waals surface area contributed by atoms with Gasteiger partial charge in [0.1, 0.15) is 36.6 Å². The van der Waals surface area contributed by atoms with E-state index in [9.17, 15) is 40.5 Å². The smallest absolute Gasteiger partial charge is 0.249 e. The van der Waals surface area contributed by atoms with Crippen LogP contribution in [-0.2, 0) is 14.3 Å². The van der Waals surface area contributed by atoms with Gasteiger partial charge in [-0.2, -0.15) is 0 Å². The highest BCUT2D eigenvalue weighted by Gasteiger charge is 2.44. The third kappa shape index (κ3) is 30.9. The topological polar surface area (TPSA) is 189 Å². The van der Waals surface area contributed by atoms with Gasteiger partial charge in [0.25, 0.3) is 0 Å². The highest BCUT2D eigenvalue weighted by Crippen LogP contribution is 2.23. The van der Waals surface area contributed by atoms with Crippen LogP contribution in [0, 0.1) is 0 Å². The number of aliphatic hydroxyl groups is 7. The molecule has 0 aliphatic carbocycles. The van der Waals surface area contributed by atoms with Crippen molar-refractivity contribution in [2.45, 2.75) is 255 Å². The second-order valence-corrected chi connectivity index (χ2v) is 17.9. The molecule has 1 saturated heterocycles. The molecule has 0 aromatic rings. The molecule has 1 heterocycles. The normalized spacial score (nSPS) is 21.5. The fourth-order valence-corrected chi connectivity index (χ4v) is 7.76. The van der Waals surface area contributed by atoms with E-state index in [0.29, 0.717) is 19.3 Å². The van der Waals surface area contributed by atoms with Gasteiger partial charge in [0.05, 0.1) is 25.4 Å². The van der Waals surface area contributed by atoms with E-state index >= 15 is 0 Å². The lowest BCUT2D eigenvalue weighted by molar-refractivity contribution is -0.303. The zero-order chi connectivity index (χ0) is 46.9. The SMILES string of the molecule is CCCCC/C=C\C=C/CCCCCCCC(O)C(=O)NC(COC1OC(CO)C(O)C(O)C1O)C(O)C(O)CCC/C=C/CC/C=C/CC/C=C/CCCCCCCCCCCC. The number of amides is 1. The molecule has 0 spiro atoms. The van der Waals surface area contributed by atoms with Crippen LogP contribution < -0.4 is 5.32 Å². The van der Waals surface area contributed by atoms with Crippen LogP contribution in [0.25, 0.3) is 0 Å². The van der Waals surface area contributed by atoms with Crippen molar-refractivity contribution in [2.75, 3.05) is 13.2 Å². The molecule has 1 aliphatic heterocycles. The number of carbonyl (C=O) groups is 1. The Labute approximate surface area is 389 Å². The Morgan fingerprint density at radius 3 is 1.52 bits per heavy atom. The predicted molar refractivity (Wildman–Crippen MR) is 261 cm³/mol. The van der Waals surface area contributed by atoms with Crippen LogP contribution in [-0.4, -0.2) is 110 Å². The molecule has 0 radical (unpaired) electrons.